The fraction of sp³-hybridized carbons (Fsp3) is 0.250. The lowest BCUT2D eigenvalue weighted by Crippen LogP contribution is -2.09. The van der Waals surface area contributed by atoms with Crippen LogP contribution >= 0.6 is 12.2 Å². The molecule has 0 aliphatic carbocycles. The first kappa shape index (κ1) is 10.7. The molecule has 0 aliphatic rings. The van der Waals surface area contributed by atoms with Crippen molar-refractivity contribution in [2.75, 3.05) is 0 Å². The van der Waals surface area contributed by atoms with Crippen molar-refractivity contribution >= 4 is 29.2 Å². The monoisotopic (exact) mass is 150 g/mol. The summed E-state index contributed by atoms with van der Waals surface area (Å²) in [6.07, 6.45) is 3.54. The van der Waals surface area contributed by atoms with Crippen molar-refractivity contribution < 1.29 is 0 Å². The van der Waals surface area contributed by atoms with E-state index >= 15 is 0 Å². The molecular formula is C4H10N2S2. The van der Waals surface area contributed by atoms with Crippen LogP contribution in [0.2, 0.25) is 0 Å². The second-order valence-electron chi connectivity index (χ2n) is 0.932. The Balaban J connectivity index is 0. The van der Waals surface area contributed by atoms with Crippen LogP contribution in [0.4, 0.5) is 0 Å². The maximum Gasteiger partial charge on any atom is -0.00482 e. The summed E-state index contributed by atoms with van der Waals surface area (Å²) in [6.45, 7) is 1.89. The molecule has 0 saturated carbocycles. The smallest absolute Gasteiger partial charge is 0.00482 e. The van der Waals surface area contributed by atoms with E-state index in [2.05, 4.69) is 30.2 Å². The van der Waals surface area contributed by atoms with Crippen molar-refractivity contribution in [3.05, 3.63) is 12.3 Å². The van der Waals surface area contributed by atoms with Crippen LogP contribution in [0.5, 0.6) is 0 Å². The van der Waals surface area contributed by atoms with Crippen molar-refractivity contribution in [3.63, 3.8) is 0 Å². The molecule has 0 heterocycles. The lowest BCUT2D eigenvalue weighted by molar-refractivity contribution is 1.33. The van der Waals surface area contributed by atoms with E-state index in [1.165, 1.54) is 0 Å². The van der Waals surface area contributed by atoms with Gasteiger partial charge in [0.05, 0.1) is 0 Å². The molecule has 0 spiro atoms. The standard InChI is InChI=1S/C4H7NS2.H3N/c1-2-3-5-4(6)7;/h2-3H,1H3,(H2,5,6,7);1H3. The average molecular weight is 150 g/mol. The Labute approximate surface area is 60.3 Å². The fourth-order valence-electron chi connectivity index (χ4n) is 0.151. The quantitative estimate of drug-likeness (QED) is 0.438. The topological polar surface area (TPSA) is 48.5 Å². The molecule has 0 aromatic rings. The molecule has 0 radical (unpaired) electrons. The highest BCUT2D eigenvalue weighted by molar-refractivity contribution is 8.00. The number of thiocarbonyl (C=S) groups is 1. The summed E-state index contributed by atoms with van der Waals surface area (Å²) >= 11 is 9.03. The normalized spacial score (nSPS) is 8.12. The van der Waals surface area contributed by atoms with Gasteiger partial charge in [0.15, 0.2) is 0 Å². The first-order chi connectivity index (χ1) is 3.27. The van der Waals surface area contributed by atoms with E-state index in [0.29, 0.717) is 4.32 Å². The first-order valence-corrected chi connectivity index (χ1v) is 2.67. The average Bonchev–Trinajstić information content (AvgIpc) is 1.61. The molecule has 0 aliphatic heterocycles. The molecule has 0 unspecified atom stereocenters. The Bertz CT molecular complexity index is 90.0. The summed E-state index contributed by atoms with van der Waals surface area (Å²) in [5.41, 5.74) is 0. The Hall–Kier alpha value is -0.190. The molecule has 0 aromatic carbocycles. The summed E-state index contributed by atoms with van der Waals surface area (Å²) in [5, 5.41) is 2.66. The zero-order chi connectivity index (χ0) is 5.70. The third-order valence-corrected chi connectivity index (χ3v) is 0.604. The summed E-state index contributed by atoms with van der Waals surface area (Å²) in [6, 6.07) is 0. The predicted octanol–water partition coefficient (Wildman–Crippen LogP) is 1.32. The molecule has 0 bridgehead atoms. The zero-order valence-corrected chi connectivity index (χ0v) is 6.60. The summed E-state index contributed by atoms with van der Waals surface area (Å²) in [5.74, 6) is 0. The molecule has 0 saturated heterocycles. The maximum atomic E-state index is 4.51. The van der Waals surface area contributed by atoms with Gasteiger partial charge in [0, 0.05) is 0 Å². The number of nitrogens with one attached hydrogen (secondary N) is 1. The Morgan fingerprint density at radius 3 is 2.38 bits per heavy atom. The van der Waals surface area contributed by atoms with Gasteiger partial charge >= 0.3 is 0 Å². The molecule has 0 fully saturated rings. The van der Waals surface area contributed by atoms with E-state index in [-0.39, 0.29) is 6.15 Å². The summed E-state index contributed by atoms with van der Waals surface area (Å²) in [4.78, 5) is 0. The lowest BCUT2D eigenvalue weighted by atomic mass is 10.7. The molecule has 5 N–H and O–H groups in total. The highest BCUT2D eigenvalue weighted by Gasteiger charge is 1.60. The third kappa shape index (κ3) is 9.26. The number of hydrogen-bond acceptors (Lipinski definition) is 2. The fourth-order valence-corrected chi connectivity index (χ4v) is 0.287. The van der Waals surface area contributed by atoms with Crippen LogP contribution in [0, 0.1) is 0 Å². The minimum absolute atomic E-state index is 0. The minimum atomic E-state index is 0. The molecule has 0 atom stereocenters. The highest BCUT2D eigenvalue weighted by Crippen LogP contribution is 1.65. The molecule has 0 amide bonds. The van der Waals surface area contributed by atoms with Crippen LogP contribution in [0.15, 0.2) is 12.3 Å². The van der Waals surface area contributed by atoms with Gasteiger partial charge in [-0.1, -0.05) is 10.4 Å². The molecular weight excluding hydrogens is 140 g/mol. The summed E-state index contributed by atoms with van der Waals surface area (Å²) < 4.78 is 0.387. The Morgan fingerprint density at radius 1 is 1.75 bits per heavy atom. The van der Waals surface area contributed by atoms with Crippen LogP contribution < -0.4 is 11.5 Å². The SMILES string of the molecule is CC=CNC(=S)[S-].[NH4+]. The van der Waals surface area contributed by atoms with Gasteiger partial charge < -0.3 is 36.3 Å². The zero-order valence-electron chi connectivity index (χ0n) is 4.97. The molecule has 2 nitrogen and oxygen atoms in total. The van der Waals surface area contributed by atoms with Gasteiger partial charge in [-0.25, -0.2) is 0 Å². The Kier molecular flexibility index (Phi) is 9.13. The summed E-state index contributed by atoms with van der Waals surface area (Å²) in [7, 11) is 0. The van der Waals surface area contributed by atoms with Gasteiger partial charge in [-0.3, -0.25) is 0 Å². The van der Waals surface area contributed by atoms with Crippen LogP contribution in [-0.2, 0) is 12.6 Å². The van der Waals surface area contributed by atoms with Gasteiger partial charge in [0.1, 0.15) is 0 Å². The number of rotatable bonds is 1. The van der Waals surface area contributed by atoms with Gasteiger partial charge in [-0.2, -0.15) is 0 Å². The van der Waals surface area contributed by atoms with E-state index in [1.54, 1.807) is 6.20 Å². The van der Waals surface area contributed by atoms with Gasteiger partial charge in [-0.05, 0) is 13.1 Å². The van der Waals surface area contributed by atoms with E-state index in [4.69, 9.17) is 0 Å². The second kappa shape index (κ2) is 6.81. The molecule has 4 heteroatoms. The number of hydrogen-bond donors (Lipinski definition) is 2. The first-order valence-electron chi connectivity index (χ1n) is 1.86. The van der Waals surface area contributed by atoms with E-state index < -0.39 is 0 Å². The maximum absolute atomic E-state index is 4.51. The van der Waals surface area contributed by atoms with Crippen molar-refractivity contribution in [2.45, 2.75) is 6.92 Å². The van der Waals surface area contributed by atoms with E-state index in [9.17, 15) is 0 Å². The molecule has 8 heavy (non-hydrogen) atoms. The van der Waals surface area contributed by atoms with Crippen molar-refractivity contribution in [1.82, 2.24) is 11.5 Å². The lowest BCUT2D eigenvalue weighted by Gasteiger charge is -2.00. The van der Waals surface area contributed by atoms with Crippen LogP contribution in [-0.4, -0.2) is 4.32 Å². The minimum Gasteiger partial charge on any atom is -0.411 e. The second-order valence-corrected chi connectivity index (χ2v) is 2.01. The molecule has 48 valence electrons. The van der Waals surface area contributed by atoms with Crippen molar-refractivity contribution in [2.24, 2.45) is 0 Å². The van der Waals surface area contributed by atoms with Crippen LogP contribution in [0.3, 0.4) is 0 Å². The molecule has 0 aromatic heterocycles. The third-order valence-electron chi connectivity index (χ3n) is 0.368. The predicted molar refractivity (Wildman–Crippen MR) is 43.9 cm³/mol. The van der Waals surface area contributed by atoms with Gasteiger partial charge in [-0.15, -0.1) is 0 Å². The van der Waals surface area contributed by atoms with Crippen LogP contribution in [0.1, 0.15) is 6.92 Å². The van der Waals surface area contributed by atoms with E-state index in [0.717, 1.165) is 0 Å². The van der Waals surface area contributed by atoms with Crippen molar-refractivity contribution in [3.8, 4) is 0 Å². The Morgan fingerprint density at radius 2 is 2.25 bits per heavy atom. The number of quaternary nitrogens is 1. The largest absolute Gasteiger partial charge is 0.411 e. The van der Waals surface area contributed by atoms with Crippen molar-refractivity contribution in [1.29, 1.82) is 0 Å². The van der Waals surface area contributed by atoms with Gasteiger partial charge in [0.25, 0.3) is 0 Å². The molecule has 0 rings (SSSR count). The van der Waals surface area contributed by atoms with E-state index in [1.807, 2.05) is 13.0 Å². The number of allylic oxidation sites excluding steroid dienone is 1. The highest BCUT2D eigenvalue weighted by atomic mass is 32.1. The van der Waals surface area contributed by atoms with Gasteiger partial charge in [0.2, 0.25) is 0 Å². The van der Waals surface area contributed by atoms with Crippen LogP contribution in [0.25, 0.3) is 0 Å².